The van der Waals surface area contributed by atoms with E-state index in [-0.39, 0.29) is 12.5 Å². The minimum absolute atomic E-state index is 0.0439. The van der Waals surface area contributed by atoms with E-state index in [1.807, 2.05) is 24.3 Å². The summed E-state index contributed by atoms with van der Waals surface area (Å²) in [5.74, 6) is 0. The van der Waals surface area contributed by atoms with Crippen molar-refractivity contribution >= 4 is 0 Å². The van der Waals surface area contributed by atoms with Gasteiger partial charge in [-0.25, -0.2) is 0 Å². The summed E-state index contributed by atoms with van der Waals surface area (Å²) >= 11 is 0. The molecule has 2 unspecified atom stereocenters. The van der Waals surface area contributed by atoms with E-state index in [1.165, 1.54) is 5.56 Å². The second-order valence-corrected chi connectivity index (χ2v) is 6.86. The Morgan fingerprint density at radius 3 is 1.96 bits per heavy atom. The van der Waals surface area contributed by atoms with Crippen molar-refractivity contribution in [1.82, 2.24) is 15.1 Å². The zero-order valence-corrected chi connectivity index (χ0v) is 16.4. The molecule has 1 heterocycles. The van der Waals surface area contributed by atoms with Crippen molar-refractivity contribution in [2.45, 2.75) is 12.5 Å². The topological polar surface area (TPSA) is 37.0 Å². The molecule has 0 spiro atoms. The minimum atomic E-state index is -0.0524. The van der Waals surface area contributed by atoms with Gasteiger partial charge < -0.3 is 9.47 Å². The summed E-state index contributed by atoms with van der Waals surface area (Å²) in [6.07, 6.45) is -0.00845. The Bertz CT molecular complexity index is 642. The van der Waals surface area contributed by atoms with E-state index in [0.717, 1.165) is 44.8 Å². The third-order valence-corrected chi connectivity index (χ3v) is 5.14. The number of benzene rings is 2. The quantitative estimate of drug-likeness (QED) is 0.688. The zero-order chi connectivity index (χ0) is 18.9. The lowest BCUT2D eigenvalue weighted by Gasteiger charge is -2.38. The van der Waals surface area contributed by atoms with Crippen molar-refractivity contribution in [1.29, 1.82) is 0 Å². The van der Waals surface area contributed by atoms with E-state index in [1.54, 1.807) is 14.2 Å². The SMILES string of the molecule is COC(NCCN1CCN(C(OC)c2ccccc2)CC1)c1ccccc1. The van der Waals surface area contributed by atoms with Gasteiger partial charge >= 0.3 is 0 Å². The van der Waals surface area contributed by atoms with Gasteiger partial charge in [0.1, 0.15) is 12.5 Å². The lowest BCUT2D eigenvalue weighted by Crippen LogP contribution is -2.49. The van der Waals surface area contributed by atoms with Gasteiger partial charge in [0.2, 0.25) is 0 Å². The van der Waals surface area contributed by atoms with Crippen LogP contribution in [0.3, 0.4) is 0 Å². The molecule has 2 atom stereocenters. The standard InChI is InChI=1S/C22H31N3O2/c1-26-21(19-9-5-3-6-10-19)23-13-14-24-15-17-25(18-16-24)22(27-2)20-11-7-4-8-12-20/h3-12,21-23H,13-18H2,1-2H3. The van der Waals surface area contributed by atoms with Crippen LogP contribution in [0.25, 0.3) is 0 Å². The highest BCUT2D eigenvalue weighted by atomic mass is 16.5. The molecule has 1 aliphatic heterocycles. The van der Waals surface area contributed by atoms with Crippen molar-refractivity contribution in [2.24, 2.45) is 0 Å². The van der Waals surface area contributed by atoms with E-state index in [0.29, 0.717) is 0 Å². The fourth-order valence-corrected chi connectivity index (χ4v) is 3.65. The first-order chi connectivity index (χ1) is 13.3. The minimum Gasteiger partial charge on any atom is -0.362 e. The zero-order valence-electron chi connectivity index (χ0n) is 16.4. The molecule has 5 nitrogen and oxygen atoms in total. The highest BCUT2D eigenvalue weighted by molar-refractivity contribution is 5.18. The maximum atomic E-state index is 5.77. The maximum Gasteiger partial charge on any atom is 0.136 e. The first kappa shape index (κ1) is 20.0. The molecular weight excluding hydrogens is 338 g/mol. The number of nitrogens with zero attached hydrogens (tertiary/aromatic N) is 2. The van der Waals surface area contributed by atoms with Gasteiger partial charge in [-0.05, 0) is 11.1 Å². The van der Waals surface area contributed by atoms with Crippen LogP contribution in [0, 0.1) is 0 Å². The predicted octanol–water partition coefficient (Wildman–Crippen LogP) is 2.88. The van der Waals surface area contributed by atoms with Crippen molar-refractivity contribution in [3.8, 4) is 0 Å². The van der Waals surface area contributed by atoms with E-state index in [4.69, 9.17) is 9.47 Å². The van der Waals surface area contributed by atoms with Crippen LogP contribution in [0.5, 0.6) is 0 Å². The molecule has 1 fully saturated rings. The molecule has 3 rings (SSSR count). The van der Waals surface area contributed by atoms with Gasteiger partial charge in [-0.1, -0.05) is 60.7 Å². The van der Waals surface area contributed by atoms with E-state index in [9.17, 15) is 0 Å². The molecule has 1 N–H and O–H groups in total. The monoisotopic (exact) mass is 369 g/mol. The molecule has 2 aromatic rings. The molecular formula is C22H31N3O2. The summed E-state index contributed by atoms with van der Waals surface area (Å²) in [4.78, 5) is 4.92. The number of ether oxygens (including phenoxy) is 2. The number of nitrogens with one attached hydrogen (secondary N) is 1. The van der Waals surface area contributed by atoms with Crippen LogP contribution < -0.4 is 5.32 Å². The van der Waals surface area contributed by atoms with Gasteiger partial charge in [-0.15, -0.1) is 0 Å². The highest BCUT2D eigenvalue weighted by Crippen LogP contribution is 2.22. The van der Waals surface area contributed by atoms with Crippen LogP contribution in [0.2, 0.25) is 0 Å². The molecule has 1 aliphatic rings. The molecule has 1 saturated heterocycles. The van der Waals surface area contributed by atoms with Crippen LogP contribution in [0.1, 0.15) is 23.6 Å². The Morgan fingerprint density at radius 1 is 0.815 bits per heavy atom. The summed E-state index contributed by atoms with van der Waals surface area (Å²) in [5.41, 5.74) is 2.39. The van der Waals surface area contributed by atoms with Gasteiger partial charge in [0.15, 0.2) is 0 Å². The number of hydrogen-bond donors (Lipinski definition) is 1. The predicted molar refractivity (Wildman–Crippen MR) is 108 cm³/mol. The van der Waals surface area contributed by atoms with Gasteiger partial charge in [-0.3, -0.25) is 15.1 Å². The third-order valence-electron chi connectivity index (χ3n) is 5.14. The Kier molecular flexibility index (Phi) is 7.80. The van der Waals surface area contributed by atoms with Gasteiger partial charge in [0.25, 0.3) is 0 Å². The number of rotatable bonds is 9. The number of hydrogen-bond acceptors (Lipinski definition) is 5. The second kappa shape index (κ2) is 10.5. The summed E-state index contributed by atoms with van der Waals surface area (Å²) in [6, 6.07) is 20.8. The highest BCUT2D eigenvalue weighted by Gasteiger charge is 2.24. The van der Waals surface area contributed by atoms with E-state index in [2.05, 4.69) is 51.5 Å². The van der Waals surface area contributed by atoms with Gasteiger partial charge in [0.05, 0.1) is 0 Å². The number of piperazine rings is 1. The van der Waals surface area contributed by atoms with Crippen molar-refractivity contribution in [3.63, 3.8) is 0 Å². The summed E-state index contributed by atoms with van der Waals surface area (Å²) in [6.45, 7) is 6.05. The Morgan fingerprint density at radius 2 is 1.41 bits per heavy atom. The first-order valence-electron chi connectivity index (χ1n) is 9.67. The smallest absolute Gasteiger partial charge is 0.136 e. The first-order valence-corrected chi connectivity index (χ1v) is 9.67. The second-order valence-electron chi connectivity index (χ2n) is 6.86. The summed E-state index contributed by atoms with van der Waals surface area (Å²) in [7, 11) is 3.54. The van der Waals surface area contributed by atoms with E-state index < -0.39 is 0 Å². The maximum absolute atomic E-state index is 5.77. The van der Waals surface area contributed by atoms with Crippen LogP contribution in [-0.2, 0) is 9.47 Å². The van der Waals surface area contributed by atoms with Crippen LogP contribution in [-0.4, -0.2) is 63.3 Å². The van der Waals surface area contributed by atoms with Crippen molar-refractivity contribution < 1.29 is 9.47 Å². The normalized spacial score (nSPS) is 18.3. The lowest BCUT2D eigenvalue weighted by molar-refractivity contribution is -0.0563. The molecule has 27 heavy (non-hydrogen) atoms. The van der Waals surface area contributed by atoms with Gasteiger partial charge in [-0.2, -0.15) is 0 Å². The Labute approximate surface area is 162 Å². The molecule has 0 bridgehead atoms. The van der Waals surface area contributed by atoms with Crippen molar-refractivity contribution in [2.75, 3.05) is 53.5 Å². The molecule has 0 amide bonds. The van der Waals surface area contributed by atoms with Crippen molar-refractivity contribution in [3.05, 3.63) is 71.8 Å². The molecule has 5 heteroatoms. The van der Waals surface area contributed by atoms with Gasteiger partial charge in [0, 0.05) is 53.5 Å². The number of methoxy groups -OCH3 is 2. The Balaban J connectivity index is 1.43. The fraction of sp³-hybridized carbons (Fsp3) is 0.455. The van der Waals surface area contributed by atoms with Crippen LogP contribution in [0.4, 0.5) is 0 Å². The average molecular weight is 370 g/mol. The Hall–Kier alpha value is -1.76. The molecule has 2 aromatic carbocycles. The molecule has 0 radical (unpaired) electrons. The summed E-state index contributed by atoms with van der Waals surface area (Å²) < 4.78 is 11.3. The van der Waals surface area contributed by atoms with Crippen LogP contribution >= 0.6 is 0 Å². The molecule has 0 aliphatic carbocycles. The largest absolute Gasteiger partial charge is 0.362 e. The molecule has 0 saturated carbocycles. The third kappa shape index (κ3) is 5.61. The lowest BCUT2D eigenvalue weighted by atomic mass is 10.1. The summed E-state index contributed by atoms with van der Waals surface area (Å²) in [5, 5.41) is 3.50. The fourth-order valence-electron chi connectivity index (χ4n) is 3.65. The average Bonchev–Trinajstić information content (AvgIpc) is 2.74. The molecule has 146 valence electrons. The molecule has 0 aromatic heterocycles. The van der Waals surface area contributed by atoms with Crippen LogP contribution in [0.15, 0.2) is 60.7 Å². The van der Waals surface area contributed by atoms with E-state index >= 15 is 0 Å².